The normalized spacial score (nSPS) is 15.5. The van der Waals surface area contributed by atoms with Crippen LogP contribution in [-0.2, 0) is 0 Å². The van der Waals surface area contributed by atoms with E-state index in [2.05, 4.69) is 17.1 Å². The summed E-state index contributed by atoms with van der Waals surface area (Å²) in [6.45, 7) is 6.13. The lowest BCUT2D eigenvalue weighted by molar-refractivity contribution is 0.102. The number of carbonyl (C=O) groups excluding carboxylic acids is 1. The number of nitrogens with zero attached hydrogens (tertiary/aromatic N) is 1. The zero-order valence-electron chi connectivity index (χ0n) is 21.9. The van der Waals surface area contributed by atoms with Crippen LogP contribution in [0.2, 0.25) is 0 Å². The van der Waals surface area contributed by atoms with Gasteiger partial charge >= 0.3 is 0 Å². The number of para-hydroxylation sites is 1. The molecule has 6 nitrogen and oxygen atoms in total. The Morgan fingerprint density at radius 1 is 1.00 bits per heavy atom. The molecule has 4 aromatic rings. The van der Waals surface area contributed by atoms with Gasteiger partial charge in [-0.1, -0.05) is 36.8 Å². The molecule has 1 aliphatic heterocycles. The average Bonchev–Trinajstić information content (AvgIpc) is 3.27. The fourth-order valence-electron chi connectivity index (χ4n) is 5.12. The first-order valence-electron chi connectivity index (χ1n) is 12.8. The van der Waals surface area contributed by atoms with Gasteiger partial charge in [-0.25, -0.2) is 0 Å². The molecule has 1 N–H and O–H groups in total. The van der Waals surface area contributed by atoms with Crippen LogP contribution in [0.5, 0.6) is 11.5 Å². The van der Waals surface area contributed by atoms with Crippen molar-refractivity contribution in [2.75, 3.05) is 32.6 Å². The molecule has 1 aliphatic rings. The zero-order chi connectivity index (χ0) is 25.9. The highest BCUT2D eigenvalue weighted by molar-refractivity contribution is 6.09. The minimum absolute atomic E-state index is 0.170. The fourth-order valence-corrected chi connectivity index (χ4v) is 5.12. The highest BCUT2D eigenvalue weighted by Crippen LogP contribution is 2.45. The maximum Gasteiger partial charge on any atom is 0.255 e. The Balaban J connectivity index is 1.67. The van der Waals surface area contributed by atoms with Gasteiger partial charge in [0.15, 0.2) is 5.76 Å². The summed E-state index contributed by atoms with van der Waals surface area (Å²) < 4.78 is 18.0. The molecule has 6 heteroatoms. The SMILES string of the molecule is COc1ccc(OC)c(C(c2oc3ccccc3c2NC(=O)c2ccc(C)cc2)N2CCC(C)CC2)c1. The van der Waals surface area contributed by atoms with Gasteiger partial charge in [-0.2, -0.15) is 0 Å². The van der Waals surface area contributed by atoms with E-state index < -0.39 is 0 Å². The largest absolute Gasteiger partial charge is 0.497 e. The van der Waals surface area contributed by atoms with Crippen molar-refractivity contribution in [3.05, 3.63) is 89.2 Å². The second-order valence-electron chi connectivity index (χ2n) is 9.89. The van der Waals surface area contributed by atoms with E-state index in [0.29, 0.717) is 22.9 Å². The Morgan fingerprint density at radius 2 is 1.73 bits per heavy atom. The Hall–Kier alpha value is -3.77. The van der Waals surface area contributed by atoms with E-state index in [4.69, 9.17) is 13.9 Å². The number of fused-ring (bicyclic) bond motifs is 1. The van der Waals surface area contributed by atoms with Crippen molar-refractivity contribution in [2.45, 2.75) is 32.7 Å². The van der Waals surface area contributed by atoms with Crippen molar-refractivity contribution in [3.8, 4) is 11.5 Å². The highest BCUT2D eigenvalue weighted by Gasteiger charge is 2.34. The van der Waals surface area contributed by atoms with Gasteiger partial charge in [0.2, 0.25) is 0 Å². The quantitative estimate of drug-likeness (QED) is 0.302. The van der Waals surface area contributed by atoms with Gasteiger partial charge in [-0.05, 0) is 81.2 Å². The highest BCUT2D eigenvalue weighted by atomic mass is 16.5. The van der Waals surface area contributed by atoms with Crippen molar-refractivity contribution in [1.29, 1.82) is 0 Å². The number of ether oxygens (including phenoxy) is 2. The molecule has 0 saturated carbocycles. The molecule has 1 saturated heterocycles. The van der Waals surface area contributed by atoms with Crippen molar-refractivity contribution >= 4 is 22.6 Å². The fraction of sp³-hybridized carbons (Fsp3) is 0.323. The number of aryl methyl sites for hydroxylation is 1. The summed E-state index contributed by atoms with van der Waals surface area (Å²) in [5.74, 6) is 2.69. The van der Waals surface area contributed by atoms with Crippen molar-refractivity contribution in [2.24, 2.45) is 5.92 Å². The molecule has 1 aromatic heterocycles. The zero-order valence-corrected chi connectivity index (χ0v) is 21.9. The predicted molar refractivity (Wildman–Crippen MR) is 147 cm³/mol. The molecule has 0 spiro atoms. The van der Waals surface area contributed by atoms with Gasteiger partial charge in [0.1, 0.15) is 17.1 Å². The second-order valence-corrected chi connectivity index (χ2v) is 9.89. The minimum Gasteiger partial charge on any atom is -0.497 e. The first-order chi connectivity index (χ1) is 18.0. The number of amides is 1. The monoisotopic (exact) mass is 498 g/mol. The smallest absolute Gasteiger partial charge is 0.255 e. The number of rotatable bonds is 7. The molecule has 0 bridgehead atoms. The topological polar surface area (TPSA) is 63.9 Å². The van der Waals surface area contributed by atoms with Crippen LogP contribution in [0.1, 0.15) is 53.1 Å². The number of methoxy groups -OCH3 is 2. The Bertz CT molecular complexity index is 1380. The second kappa shape index (κ2) is 10.7. The van der Waals surface area contributed by atoms with Crippen LogP contribution in [0.3, 0.4) is 0 Å². The van der Waals surface area contributed by atoms with Crippen molar-refractivity contribution in [1.82, 2.24) is 4.90 Å². The maximum atomic E-state index is 13.4. The molecule has 0 radical (unpaired) electrons. The van der Waals surface area contributed by atoms with Crippen LogP contribution in [0.25, 0.3) is 11.0 Å². The molecule has 0 aliphatic carbocycles. The van der Waals surface area contributed by atoms with Crippen LogP contribution in [0.4, 0.5) is 5.69 Å². The van der Waals surface area contributed by atoms with Gasteiger partial charge in [-0.3, -0.25) is 9.69 Å². The summed E-state index contributed by atoms with van der Waals surface area (Å²) >= 11 is 0. The standard InChI is InChI=1S/C31H34N2O4/c1-20-9-11-22(12-10-20)31(34)32-28-24-7-5-6-8-27(24)37-30(28)29(33-17-15-21(2)16-18-33)25-19-23(35-3)13-14-26(25)36-4/h5-14,19,21,29H,15-18H2,1-4H3,(H,32,34). The first-order valence-corrected chi connectivity index (χ1v) is 12.8. The summed E-state index contributed by atoms with van der Waals surface area (Å²) in [5, 5.41) is 4.07. The van der Waals surface area contributed by atoms with Crippen molar-refractivity contribution < 1.29 is 18.7 Å². The van der Waals surface area contributed by atoms with Crippen LogP contribution < -0.4 is 14.8 Å². The van der Waals surface area contributed by atoms with Crippen molar-refractivity contribution in [3.63, 3.8) is 0 Å². The Labute approximate surface area is 218 Å². The van der Waals surface area contributed by atoms with E-state index in [-0.39, 0.29) is 11.9 Å². The number of anilines is 1. The number of likely N-dealkylation sites (tertiary alicyclic amines) is 1. The molecular formula is C31H34N2O4. The number of carbonyl (C=O) groups is 1. The van der Waals surface area contributed by atoms with Gasteiger partial charge < -0.3 is 19.2 Å². The number of furan rings is 1. The van der Waals surface area contributed by atoms with Crippen LogP contribution in [0, 0.1) is 12.8 Å². The minimum atomic E-state index is -0.265. The summed E-state index contributed by atoms with van der Waals surface area (Å²) in [5.41, 5.74) is 4.07. The molecule has 5 rings (SSSR count). The van der Waals surface area contributed by atoms with Crippen LogP contribution in [0.15, 0.2) is 71.1 Å². The molecule has 1 unspecified atom stereocenters. The number of nitrogens with one attached hydrogen (secondary N) is 1. The summed E-state index contributed by atoms with van der Waals surface area (Å²) in [6.07, 6.45) is 2.18. The lowest BCUT2D eigenvalue weighted by Crippen LogP contribution is -2.37. The lowest BCUT2D eigenvalue weighted by atomic mass is 9.93. The van der Waals surface area contributed by atoms with E-state index in [9.17, 15) is 4.79 Å². The molecule has 2 heterocycles. The van der Waals surface area contributed by atoms with Gasteiger partial charge in [0, 0.05) is 16.5 Å². The van der Waals surface area contributed by atoms with Crippen LogP contribution >= 0.6 is 0 Å². The molecule has 37 heavy (non-hydrogen) atoms. The Kier molecular flexibility index (Phi) is 7.19. The van der Waals surface area contributed by atoms with E-state index >= 15 is 0 Å². The third kappa shape index (κ3) is 5.07. The lowest BCUT2D eigenvalue weighted by Gasteiger charge is -2.37. The Morgan fingerprint density at radius 3 is 2.43 bits per heavy atom. The molecular weight excluding hydrogens is 464 g/mol. The van der Waals surface area contributed by atoms with Crippen LogP contribution in [-0.4, -0.2) is 38.1 Å². The number of hydrogen-bond donors (Lipinski definition) is 1. The summed E-state index contributed by atoms with van der Waals surface area (Å²) in [7, 11) is 3.34. The van der Waals surface area contributed by atoms with E-state index in [1.54, 1.807) is 14.2 Å². The molecule has 1 fully saturated rings. The summed E-state index contributed by atoms with van der Waals surface area (Å²) in [4.78, 5) is 15.8. The van der Waals surface area contributed by atoms with Gasteiger partial charge in [0.05, 0.1) is 25.9 Å². The molecule has 192 valence electrons. The first kappa shape index (κ1) is 24.9. The van der Waals surface area contributed by atoms with E-state index in [0.717, 1.165) is 59.5 Å². The number of hydrogen-bond acceptors (Lipinski definition) is 5. The average molecular weight is 499 g/mol. The summed E-state index contributed by atoms with van der Waals surface area (Å²) in [6, 6.07) is 21.0. The van der Waals surface area contributed by atoms with E-state index in [1.807, 2.05) is 73.7 Å². The number of piperidine rings is 1. The van der Waals surface area contributed by atoms with E-state index in [1.165, 1.54) is 0 Å². The predicted octanol–water partition coefficient (Wildman–Crippen LogP) is 6.83. The maximum absolute atomic E-state index is 13.4. The third-order valence-corrected chi connectivity index (χ3v) is 7.34. The van der Waals surface area contributed by atoms with Gasteiger partial charge in [-0.15, -0.1) is 0 Å². The number of benzene rings is 3. The van der Waals surface area contributed by atoms with Gasteiger partial charge in [0.25, 0.3) is 5.91 Å². The molecule has 1 atom stereocenters. The molecule has 3 aromatic carbocycles. The molecule has 1 amide bonds. The third-order valence-electron chi connectivity index (χ3n) is 7.34.